The lowest BCUT2D eigenvalue weighted by Gasteiger charge is -2.13. The van der Waals surface area contributed by atoms with Crippen LogP contribution in [0, 0.1) is 3.57 Å². The summed E-state index contributed by atoms with van der Waals surface area (Å²) in [7, 11) is 0. The van der Waals surface area contributed by atoms with E-state index < -0.39 is 0 Å². The largest absolute Gasteiger partial charge is 0.358 e. The van der Waals surface area contributed by atoms with Crippen LogP contribution < -0.4 is 5.32 Å². The normalized spacial score (nSPS) is 16.3. The molecule has 2 aromatic carbocycles. The Bertz CT molecular complexity index is 1410. The van der Waals surface area contributed by atoms with Gasteiger partial charge in [-0.15, -0.1) is 0 Å². The number of amides is 1. The maximum Gasteiger partial charge on any atom is 0.256 e. The Labute approximate surface area is 200 Å². The first-order valence-corrected chi connectivity index (χ1v) is 12.1. The molecule has 32 heavy (non-hydrogen) atoms. The minimum atomic E-state index is -0.0381. The highest BCUT2D eigenvalue weighted by Gasteiger charge is 2.26. The summed E-state index contributed by atoms with van der Waals surface area (Å²) in [6, 6.07) is 16.6. The maximum atomic E-state index is 12.8. The Hall–Kier alpha value is -2.93. The SMILES string of the molecule is O=C1Nc2ccc(I)cc2C1=Cc1[nH]c2c(c1Cc1nccc3ccccc13)CCCC2. The van der Waals surface area contributed by atoms with Gasteiger partial charge in [0.2, 0.25) is 0 Å². The van der Waals surface area contributed by atoms with Gasteiger partial charge in [0.1, 0.15) is 0 Å². The first-order valence-electron chi connectivity index (χ1n) is 11.1. The molecule has 5 heteroatoms. The predicted molar refractivity (Wildman–Crippen MR) is 138 cm³/mol. The highest BCUT2D eigenvalue weighted by atomic mass is 127. The number of aryl methyl sites for hydroxylation is 1. The van der Waals surface area contributed by atoms with Crippen LogP contribution in [0.25, 0.3) is 22.4 Å². The summed E-state index contributed by atoms with van der Waals surface area (Å²) in [5.74, 6) is -0.0381. The summed E-state index contributed by atoms with van der Waals surface area (Å²) in [5, 5.41) is 5.41. The molecule has 2 aromatic heterocycles. The van der Waals surface area contributed by atoms with Crippen molar-refractivity contribution in [2.45, 2.75) is 32.1 Å². The Morgan fingerprint density at radius 1 is 1.06 bits per heavy atom. The van der Waals surface area contributed by atoms with Gasteiger partial charge in [-0.1, -0.05) is 24.3 Å². The molecule has 0 saturated heterocycles. The smallest absolute Gasteiger partial charge is 0.256 e. The summed E-state index contributed by atoms with van der Waals surface area (Å²) >= 11 is 2.30. The average Bonchev–Trinajstić information content (AvgIpc) is 3.31. The minimum Gasteiger partial charge on any atom is -0.358 e. The number of rotatable bonds is 3. The van der Waals surface area contributed by atoms with Crippen molar-refractivity contribution in [2.24, 2.45) is 0 Å². The number of aromatic amines is 1. The molecule has 1 aliphatic heterocycles. The lowest BCUT2D eigenvalue weighted by molar-refractivity contribution is -0.110. The Morgan fingerprint density at radius 3 is 2.88 bits per heavy atom. The molecule has 0 unspecified atom stereocenters. The third kappa shape index (κ3) is 3.35. The highest BCUT2D eigenvalue weighted by molar-refractivity contribution is 14.1. The standard InChI is InChI=1S/C27H22IN3O/c28-17-9-10-24-20(13-17)22(27(32)31-24)15-26-21(19-7-3-4-8-23(19)30-26)14-25-18-6-2-1-5-16(18)11-12-29-25/h1-2,5-6,9-13,15,30H,3-4,7-8,14H2,(H,31,32). The number of fused-ring (bicyclic) bond motifs is 3. The summed E-state index contributed by atoms with van der Waals surface area (Å²) in [6.45, 7) is 0. The number of aromatic nitrogens is 2. The molecule has 6 rings (SSSR count). The van der Waals surface area contributed by atoms with Gasteiger partial charge in [-0.2, -0.15) is 0 Å². The molecule has 0 atom stereocenters. The third-order valence-corrected chi connectivity index (χ3v) is 7.27. The van der Waals surface area contributed by atoms with E-state index >= 15 is 0 Å². The zero-order valence-corrected chi connectivity index (χ0v) is 19.7. The molecule has 0 bridgehead atoms. The minimum absolute atomic E-state index is 0.0381. The topological polar surface area (TPSA) is 57.8 Å². The van der Waals surface area contributed by atoms with Crippen molar-refractivity contribution in [3.05, 3.63) is 92.1 Å². The molecule has 4 aromatic rings. The molecule has 1 aliphatic carbocycles. The van der Waals surface area contributed by atoms with Gasteiger partial charge < -0.3 is 10.3 Å². The Balaban J connectivity index is 1.50. The number of anilines is 1. The summed E-state index contributed by atoms with van der Waals surface area (Å²) in [5.41, 5.74) is 8.73. The fourth-order valence-corrected chi connectivity index (χ4v) is 5.53. The quantitative estimate of drug-likeness (QED) is 0.247. The van der Waals surface area contributed by atoms with E-state index in [2.05, 4.69) is 75.4 Å². The summed E-state index contributed by atoms with van der Waals surface area (Å²) < 4.78 is 1.12. The number of nitrogens with one attached hydrogen (secondary N) is 2. The van der Waals surface area contributed by atoms with E-state index in [0.717, 1.165) is 51.0 Å². The third-order valence-electron chi connectivity index (χ3n) is 6.60. The number of benzene rings is 2. The van der Waals surface area contributed by atoms with Crippen molar-refractivity contribution in [1.29, 1.82) is 0 Å². The monoisotopic (exact) mass is 531 g/mol. The number of hydrogen-bond acceptors (Lipinski definition) is 2. The molecular weight excluding hydrogens is 509 g/mol. The number of nitrogens with zero attached hydrogens (tertiary/aromatic N) is 1. The number of pyridine rings is 1. The zero-order chi connectivity index (χ0) is 21.7. The fourth-order valence-electron chi connectivity index (χ4n) is 5.04. The number of carbonyl (C=O) groups is 1. The van der Waals surface area contributed by atoms with Crippen molar-refractivity contribution in [3.8, 4) is 0 Å². The van der Waals surface area contributed by atoms with E-state index in [1.807, 2.05) is 18.3 Å². The van der Waals surface area contributed by atoms with Gasteiger partial charge in [0.25, 0.3) is 5.91 Å². The van der Waals surface area contributed by atoms with Gasteiger partial charge in [0.05, 0.1) is 11.3 Å². The van der Waals surface area contributed by atoms with Gasteiger partial charge in [-0.25, -0.2) is 0 Å². The van der Waals surface area contributed by atoms with Crippen LogP contribution in [0.2, 0.25) is 0 Å². The second-order valence-electron chi connectivity index (χ2n) is 8.54. The van der Waals surface area contributed by atoms with E-state index in [9.17, 15) is 4.79 Å². The van der Waals surface area contributed by atoms with Crippen LogP contribution >= 0.6 is 22.6 Å². The van der Waals surface area contributed by atoms with Crippen LogP contribution in [0.4, 0.5) is 5.69 Å². The fraction of sp³-hybridized carbons (Fsp3) is 0.185. The van der Waals surface area contributed by atoms with Crippen molar-refractivity contribution < 1.29 is 4.79 Å². The number of hydrogen-bond donors (Lipinski definition) is 2. The molecule has 0 spiro atoms. The molecule has 4 nitrogen and oxygen atoms in total. The molecule has 1 amide bonds. The lowest BCUT2D eigenvalue weighted by Crippen LogP contribution is -2.04. The van der Waals surface area contributed by atoms with E-state index in [-0.39, 0.29) is 5.91 Å². The van der Waals surface area contributed by atoms with Crippen molar-refractivity contribution in [2.75, 3.05) is 5.32 Å². The van der Waals surface area contributed by atoms with Crippen LogP contribution in [0.15, 0.2) is 54.7 Å². The highest BCUT2D eigenvalue weighted by Crippen LogP contribution is 2.37. The van der Waals surface area contributed by atoms with Crippen LogP contribution in [0.5, 0.6) is 0 Å². The Kier molecular flexibility index (Phi) is 4.86. The number of carbonyl (C=O) groups excluding carboxylic acids is 1. The molecule has 2 aliphatic rings. The molecule has 0 fully saturated rings. The molecule has 158 valence electrons. The van der Waals surface area contributed by atoms with E-state index in [1.165, 1.54) is 40.4 Å². The average molecular weight is 531 g/mol. The van der Waals surface area contributed by atoms with Gasteiger partial charge in [-0.05, 0) is 95.1 Å². The van der Waals surface area contributed by atoms with E-state index in [1.54, 1.807) is 0 Å². The van der Waals surface area contributed by atoms with Crippen LogP contribution in [-0.2, 0) is 24.1 Å². The lowest BCUT2D eigenvalue weighted by atomic mass is 9.91. The van der Waals surface area contributed by atoms with E-state index in [0.29, 0.717) is 0 Å². The second-order valence-corrected chi connectivity index (χ2v) is 9.78. The molecule has 3 heterocycles. The van der Waals surface area contributed by atoms with E-state index in [4.69, 9.17) is 4.98 Å². The van der Waals surface area contributed by atoms with Crippen LogP contribution in [0.3, 0.4) is 0 Å². The first-order chi connectivity index (χ1) is 15.7. The van der Waals surface area contributed by atoms with Crippen molar-refractivity contribution >= 4 is 56.6 Å². The van der Waals surface area contributed by atoms with Crippen molar-refractivity contribution in [3.63, 3.8) is 0 Å². The molecule has 2 N–H and O–H groups in total. The molecular formula is C27H22IN3O. The van der Waals surface area contributed by atoms with Crippen LogP contribution in [-0.4, -0.2) is 15.9 Å². The number of H-pyrrole nitrogens is 1. The zero-order valence-electron chi connectivity index (χ0n) is 17.5. The van der Waals surface area contributed by atoms with Gasteiger partial charge in [0, 0.05) is 44.2 Å². The molecule has 0 radical (unpaired) electrons. The van der Waals surface area contributed by atoms with Gasteiger partial charge in [0.15, 0.2) is 0 Å². The van der Waals surface area contributed by atoms with Crippen LogP contribution in [0.1, 0.15) is 46.6 Å². The predicted octanol–water partition coefficient (Wildman–Crippen LogP) is 6.13. The van der Waals surface area contributed by atoms with Gasteiger partial charge in [-0.3, -0.25) is 9.78 Å². The summed E-state index contributed by atoms with van der Waals surface area (Å²) in [4.78, 5) is 21.3. The Morgan fingerprint density at radius 2 is 1.94 bits per heavy atom. The maximum absolute atomic E-state index is 12.8. The first kappa shape index (κ1) is 19.7. The second kappa shape index (κ2) is 7.89. The molecule has 0 saturated carbocycles. The van der Waals surface area contributed by atoms with Crippen molar-refractivity contribution in [1.82, 2.24) is 9.97 Å². The van der Waals surface area contributed by atoms with Gasteiger partial charge >= 0.3 is 0 Å². The number of halogens is 1. The summed E-state index contributed by atoms with van der Waals surface area (Å²) in [6.07, 6.45) is 9.26.